The highest BCUT2D eigenvalue weighted by atomic mass is 16.5. The van der Waals surface area contributed by atoms with E-state index in [1.165, 1.54) is 13.3 Å². The lowest BCUT2D eigenvalue weighted by molar-refractivity contribution is -0.146. The second-order valence-electron chi connectivity index (χ2n) is 9.54. The number of ether oxygens (including phenoxy) is 1. The number of hydrogen-bond acceptors (Lipinski definition) is 8. The molecule has 0 unspecified atom stereocenters. The van der Waals surface area contributed by atoms with Crippen LogP contribution < -0.4 is 10.2 Å². The Morgan fingerprint density at radius 1 is 1.21 bits per heavy atom. The van der Waals surface area contributed by atoms with Gasteiger partial charge >= 0.3 is 5.97 Å². The van der Waals surface area contributed by atoms with E-state index in [0.29, 0.717) is 30.3 Å². The first-order valence-corrected chi connectivity index (χ1v) is 12.5. The van der Waals surface area contributed by atoms with Gasteiger partial charge in [-0.15, -0.1) is 0 Å². The van der Waals surface area contributed by atoms with E-state index >= 15 is 0 Å². The molecular formula is C27H31N7O4. The van der Waals surface area contributed by atoms with E-state index in [2.05, 4.69) is 27.1 Å². The topological polar surface area (TPSA) is 133 Å². The Morgan fingerprint density at radius 2 is 1.97 bits per heavy atom. The Hall–Kier alpha value is -4.46. The van der Waals surface area contributed by atoms with Gasteiger partial charge in [-0.25, -0.2) is 9.97 Å². The maximum Gasteiger partial charge on any atom is 0.311 e. The summed E-state index contributed by atoms with van der Waals surface area (Å²) in [6.07, 6.45) is 4.11. The molecule has 0 bridgehead atoms. The molecule has 198 valence electrons. The third-order valence-corrected chi connectivity index (χ3v) is 6.86. The van der Waals surface area contributed by atoms with Gasteiger partial charge in [0.15, 0.2) is 6.73 Å². The molecule has 11 nitrogen and oxygen atoms in total. The standard InChI is InChI=1S/C27H31N7O4/c1-18-9-12-33(24(36)8-11-28)15-23(18)32(3)26-22-10-13-34(27(22)30-16-29-26)17-38-25(37)14-20-4-6-21(7-5-20)31-19(2)35/h4-7,10,13,16,18,23H,8-9,12,14-15,17H2,1-3H3,(H,31,35)/t18-,23+/m1/s1. The van der Waals surface area contributed by atoms with Crippen LogP contribution in [0.25, 0.3) is 11.0 Å². The van der Waals surface area contributed by atoms with E-state index in [1.54, 1.807) is 39.9 Å². The van der Waals surface area contributed by atoms with Crippen molar-refractivity contribution in [3.63, 3.8) is 0 Å². The number of benzene rings is 1. The third kappa shape index (κ3) is 6.08. The molecule has 0 radical (unpaired) electrons. The first-order valence-electron chi connectivity index (χ1n) is 12.5. The van der Waals surface area contributed by atoms with Crippen molar-refractivity contribution in [3.05, 3.63) is 48.4 Å². The predicted molar refractivity (Wildman–Crippen MR) is 141 cm³/mol. The van der Waals surface area contributed by atoms with E-state index < -0.39 is 0 Å². The minimum absolute atomic E-state index is 0.00273. The molecule has 0 aliphatic carbocycles. The molecule has 4 rings (SSSR count). The van der Waals surface area contributed by atoms with Gasteiger partial charge in [-0.3, -0.25) is 19.0 Å². The van der Waals surface area contributed by atoms with Crippen LogP contribution in [0.4, 0.5) is 11.5 Å². The molecule has 1 aromatic carbocycles. The number of nitrogens with one attached hydrogen (secondary N) is 1. The summed E-state index contributed by atoms with van der Waals surface area (Å²) in [6.45, 7) is 4.76. The second kappa shape index (κ2) is 11.7. The average Bonchev–Trinajstić information content (AvgIpc) is 3.31. The number of hydrogen-bond donors (Lipinski definition) is 1. The first-order chi connectivity index (χ1) is 18.3. The molecule has 2 atom stereocenters. The number of anilines is 2. The highest BCUT2D eigenvalue weighted by Gasteiger charge is 2.32. The van der Waals surface area contributed by atoms with Crippen molar-refractivity contribution in [3.8, 4) is 6.07 Å². The zero-order valence-corrected chi connectivity index (χ0v) is 21.8. The van der Waals surface area contributed by atoms with Gasteiger partial charge in [-0.2, -0.15) is 5.26 Å². The Morgan fingerprint density at radius 3 is 2.68 bits per heavy atom. The lowest BCUT2D eigenvalue weighted by Gasteiger charge is -2.42. The van der Waals surface area contributed by atoms with Crippen molar-refractivity contribution < 1.29 is 19.1 Å². The highest BCUT2D eigenvalue weighted by Crippen LogP contribution is 2.29. The number of esters is 1. The van der Waals surface area contributed by atoms with E-state index in [4.69, 9.17) is 10.00 Å². The maximum absolute atomic E-state index is 12.5. The van der Waals surface area contributed by atoms with Gasteiger partial charge in [0.2, 0.25) is 11.8 Å². The minimum Gasteiger partial charge on any atom is -0.444 e. The molecular weight excluding hydrogens is 486 g/mol. The summed E-state index contributed by atoms with van der Waals surface area (Å²) in [4.78, 5) is 48.7. The van der Waals surface area contributed by atoms with Crippen LogP contribution in [0, 0.1) is 17.2 Å². The van der Waals surface area contributed by atoms with Gasteiger partial charge in [-0.05, 0) is 36.1 Å². The molecule has 1 saturated heterocycles. The Kier molecular flexibility index (Phi) is 8.21. The fraction of sp³-hybridized carbons (Fsp3) is 0.407. The van der Waals surface area contributed by atoms with E-state index in [9.17, 15) is 14.4 Å². The van der Waals surface area contributed by atoms with Crippen LogP contribution in [0.2, 0.25) is 0 Å². The van der Waals surface area contributed by atoms with Crippen LogP contribution in [0.3, 0.4) is 0 Å². The fourth-order valence-corrected chi connectivity index (χ4v) is 4.76. The molecule has 1 aliphatic rings. The summed E-state index contributed by atoms with van der Waals surface area (Å²) in [7, 11) is 1.95. The zero-order valence-electron chi connectivity index (χ0n) is 21.8. The van der Waals surface area contributed by atoms with Gasteiger partial charge in [0, 0.05) is 38.9 Å². The Bertz CT molecular complexity index is 1360. The van der Waals surface area contributed by atoms with Gasteiger partial charge in [-0.1, -0.05) is 19.1 Å². The lowest BCUT2D eigenvalue weighted by Crippen LogP contribution is -2.52. The highest BCUT2D eigenvalue weighted by molar-refractivity contribution is 5.89. The molecule has 11 heteroatoms. The summed E-state index contributed by atoms with van der Waals surface area (Å²) in [5.74, 6) is 0.360. The molecule has 1 fully saturated rings. The number of rotatable bonds is 8. The van der Waals surface area contributed by atoms with Gasteiger partial charge in [0.1, 0.15) is 24.2 Å². The number of likely N-dealkylation sites (tertiary alicyclic amines) is 1. The number of nitriles is 1. The third-order valence-electron chi connectivity index (χ3n) is 6.86. The smallest absolute Gasteiger partial charge is 0.311 e. The number of fused-ring (bicyclic) bond motifs is 1. The van der Waals surface area contributed by atoms with Crippen molar-refractivity contribution in [2.45, 2.75) is 45.9 Å². The number of amides is 2. The molecule has 2 amide bonds. The second-order valence-corrected chi connectivity index (χ2v) is 9.54. The van der Waals surface area contributed by atoms with Crippen LogP contribution in [0.5, 0.6) is 0 Å². The predicted octanol–water partition coefficient (Wildman–Crippen LogP) is 2.72. The molecule has 1 N–H and O–H groups in total. The van der Waals surface area contributed by atoms with E-state index in [1.807, 2.05) is 19.2 Å². The summed E-state index contributed by atoms with van der Waals surface area (Å²) in [6, 6.07) is 10.9. The first kappa shape index (κ1) is 26.6. The fourth-order valence-electron chi connectivity index (χ4n) is 4.76. The average molecular weight is 518 g/mol. The van der Waals surface area contributed by atoms with Crippen molar-refractivity contribution in [1.29, 1.82) is 5.26 Å². The summed E-state index contributed by atoms with van der Waals surface area (Å²) in [5, 5.41) is 12.4. The largest absolute Gasteiger partial charge is 0.444 e. The summed E-state index contributed by atoms with van der Waals surface area (Å²) in [5.41, 5.74) is 2.07. The summed E-state index contributed by atoms with van der Waals surface area (Å²) >= 11 is 0. The molecule has 38 heavy (non-hydrogen) atoms. The molecule has 1 aliphatic heterocycles. The monoisotopic (exact) mass is 517 g/mol. The van der Waals surface area contributed by atoms with Crippen LogP contribution in [0.15, 0.2) is 42.9 Å². The molecule has 0 saturated carbocycles. The number of nitrogens with zero attached hydrogens (tertiary/aromatic N) is 6. The number of piperidine rings is 1. The molecule has 3 aromatic rings. The zero-order chi connectivity index (χ0) is 27.2. The number of carbonyl (C=O) groups excluding carboxylic acids is 3. The maximum atomic E-state index is 12.5. The van der Waals surface area contributed by atoms with Crippen LogP contribution in [0.1, 0.15) is 32.3 Å². The SMILES string of the molecule is CC(=O)Nc1ccc(CC(=O)OCn2ccc3c(N(C)[C@H]4CN(C(=O)CC#N)CC[C@H]4C)ncnc32)cc1. The quantitative estimate of drug-likeness (QED) is 0.451. The van der Waals surface area contributed by atoms with Crippen molar-refractivity contribution in [2.75, 3.05) is 30.4 Å². The van der Waals surface area contributed by atoms with Crippen molar-refractivity contribution in [1.82, 2.24) is 19.4 Å². The van der Waals surface area contributed by atoms with Gasteiger partial charge in [0.25, 0.3) is 0 Å². The molecule has 3 heterocycles. The van der Waals surface area contributed by atoms with Crippen LogP contribution in [-0.2, 0) is 32.3 Å². The molecule has 0 spiro atoms. The Labute approximate surface area is 221 Å². The van der Waals surface area contributed by atoms with Gasteiger partial charge < -0.3 is 19.9 Å². The van der Waals surface area contributed by atoms with E-state index in [0.717, 1.165) is 23.2 Å². The van der Waals surface area contributed by atoms with Crippen LogP contribution >= 0.6 is 0 Å². The number of aromatic nitrogens is 3. The van der Waals surface area contributed by atoms with Crippen molar-refractivity contribution >= 4 is 40.3 Å². The number of carbonyl (C=O) groups is 3. The van der Waals surface area contributed by atoms with Crippen LogP contribution in [-0.4, -0.2) is 63.4 Å². The van der Waals surface area contributed by atoms with Gasteiger partial charge in [0.05, 0.1) is 23.9 Å². The lowest BCUT2D eigenvalue weighted by atomic mass is 9.92. The van der Waals surface area contributed by atoms with Crippen molar-refractivity contribution in [2.24, 2.45) is 5.92 Å². The molecule has 2 aromatic heterocycles. The van der Waals surface area contributed by atoms with E-state index in [-0.39, 0.29) is 43.4 Å². The minimum atomic E-state index is -0.385. The normalized spacial score (nSPS) is 17.1. The number of likely N-dealkylation sites (N-methyl/N-ethyl adjacent to an activating group) is 1. The summed E-state index contributed by atoms with van der Waals surface area (Å²) < 4.78 is 7.25. The Balaban J connectivity index is 1.42.